The van der Waals surface area contributed by atoms with E-state index in [0.29, 0.717) is 18.2 Å². The molecule has 0 aliphatic carbocycles. The Bertz CT molecular complexity index is 840. The number of thiophene rings is 1. The number of nitrogens with zero attached hydrogens (tertiary/aromatic N) is 3. The van der Waals surface area contributed by atoms with Crippen LogP contribution in [0.3, 0.4) is 0 Å². The second kappa shape index (κ2) is 12.9. The molecule has 3 rings (SSSR count). The molecular formula is C22H30IN5OS. The van der Waals surface area contributed by atoms with Gasteiger partial charge in [0.05, 0.1) is 37.4 Å². The fourth-order valence-electron chi connectivity index (χ4n) is 3.32. The Hall–Kier alpha value is -1.67. The second-order valence-corrected chi connectivity index (χ2v) is 8.32. The van der Waals surface area contributed by atoms with E-state index in [2.05, 4.69) is 47.6 Å². The Labute approximate surface area is 200 Å². The van der Waals surface area contributed by atoms with Crippen LogP contribution in [0, 0.1) is 18.3 Å². The van der Waals surface area contributed by atoms with Crippen molar-refractivity contribution in [3.63, 3.8) is 0 Å². The summed E-state index contributed by atoms with van der Waals surface area (Å²) >= 11 is 1.86. The number of aliphatic imine (C=N–C) groups is 1. The Kier molecular flexibility index (Phi) is 10.6. The third-order valence-electron chi connectivity index (χ3n) is 4.89. The Morgan fingerprint density at radius 2 is 1.93 bits per heavy atom. The molecule has 1 atom stereocenters. The van der Waals surface area contributed by atoms with Crippen LogP contribution in [0.25, 0.3) is 0 Å². The molecule has 1 unspecified atom stereocenters. The minimum atomic E-state index is 0. The van der Waals surface area contributed by atoms with Crippen LogP contribution < -0.4 is 10.6 Å². The first-order chi connectivity index (χ1) is 14.2. The summed E-state index contributed by atoms with van der Waals surface area (Å²) in [6, 6.07) is 14.5. The van der Waals surface area contributed by atoms with E-state index in [0.717, 1.165) is 50.9 Å². The summed E-state index contributed by atoms with van der Waals surface area (Å²) in [7, 11) is 0. The van der Waals surface area contributed by atoms with E-state index in [1.54, 1.807) is 0 Å². The number of hydrogen-bond donors (Lipinski definition) is 2. The van der Waals surface area contributed by atoms with Crippen LogP contribution in [0.5, 0.6) is 0 Å². The maximum absolute atomic E-state index is 8.93. The number of ether oxygens (including phenoxy) is 1. The van der Waals surface area contributed by atoms with Crippen molar-refractivity contribution in [2.45, 2.75) is 26.4 Å². The summed E-state index contributed by atoms with van der Waals surface area (Å²) in [6.07, 6.45) is 0. The predicted molar refractivity (Wildman–Crippen MR) is 134 cm³/mol. The molecule has 30 heavy (non-hydrogen) atoms. The zero-order valence-electron chi connectivity index (χ0n) is 17.6. The highest BCUT2D eigenvalue weighted by atomic mass is 127. The van der Waals surface area contributed by atoms with E-state index in [1.807, 2.05) is 35.6 Å². The van der Waals surface area contributed by atoms with Gasteiger partial charge in [-0.05, 0) is 43.7 Å². The number of aryl methyl sites for hydroxylation is 1. The molecule has 0 spiro atoms. The summed E-state index contributed by atoms with van der Waals surface area (Å²) in [5, 5.41) is 15.8. The SMILES string of the molecule is CCNC(=NCc1ccc(C#N)cc1)NCC(c1ccc(C)s1)N1CCOCC1.I. The lowest BCUT2D eigenvalue weighted by molar-refractivity contribution is 0.0177. The molecule has 6 nitrogen and oxygen atoms in total. The summed E-state index contributed by atoms with van der Waals surface area (Å²) in [4.78, 5) is 9.93. The average molecular weight is 539 g/mol. The van der Waals surface area contributed by atoms with Crippen LogP contribution in [-0.4, -0.2) is 50.3 Å². The molecule has 0 saturated carbocycles. The molecule has 1 aromatic carbocycles. The van der Waals surface area contributed by atoms with E-state index < -0.39 is 0 Å². The second-order valence-electron chi connectivity index (χ2n) is 7.00. The van der Waals surface area contributed by atoms with E-state index in [4.69, 9.17) is 15.0 Å². The Balaban J connectivity index is 0.00000320. The molecule has 1 saturated heterocycles. The van der Waals surface area contributed by atoms with Gasteiger partial charge in [-0.3, -0.25) is 4.90 Å². The average Bonchev–Trinajstić information content (AvgIpc) is 3.19. The molecule has 0 bridgehead atoms. The summed E-state index contributed by atoms with van der Waals surface area (Å²) in [6.45, 7) is 9.86. The Morgan fingerprint density at radius 3 is 2.53 bits per heavy atom. The van der Waals surface area contributed by atoms with Gasteiger partial charge < -0.3 is 15.4 Å². The number of hydrogen-bond acceptors (Lipinski definition) is 5. The van der Waals surface area contributed by atoms with Crippen LogP contribution in [0.4, 0.5) is 0 Å². The molecular weight excluding hydrogens is 509 g/mol. The normalized spacial score (nSPS) is 15.7. The van der Waals surface area contributed by atoms with Crippen molar-refractivity contribution in [1.29, 1.82) is 5.26 Å². The van der Waals surface area contributed by atoms with E-state index in [1.165, 1.54) is 9.75 Å². The molecule has 8 heteroatoms. The minimum absolute atomic E-state index is 0. The quantitative estimate of drug-likeness (QED) is 0.319. The van der Waals surface area contributed by atoms with E-state index in [9.17, 15) is 0 Å². The molecule has 2 heterocycles. The monoisotopic (exact) mass is 539 g/mol. The van der Waals surface area contributed by atoms with Gasteiger partial charge in [-0.1, -0.05) is 12.1 Å². The molecule has 1 aliphatic rings. The largest absolute Gasteiger partial charge is 0.379 e. The predicted octanol–water partition coefficient (Wildman–Crippen LogP) is 3.67. The zero-order valence-corrected chi connectivity index (χ0v) is 20.7. The lowest BCUT2D eigenvalue weighted by atomic mass is 10.1. The number of halogens is 1. The van der Waals surface area contributed by atoms with Gasteiger partial charge in [0.2, 0.25) is 0 Å². The Morgan fingerprint density at radius 1 is 1.20 bits per heavy atom. The third kappa shape index (κ3) is 7.23. The summed E-state index contributed by atoms with van der Waals surface area (Å²) in [5.41, 5.74) is 1.75. The number of benzene rings is 1. The molecule has 0 radical (unpaired) electrons. The van der Waals surface area contributed by atoms with Gasteiger partial charge in [-0.2, -0.15) is 5.26 Å². The maximum atomic E-state index is 8.93. The first-order valence-corrected chi connectivity index (χ1v) is 10.9. The van der Waals surface area contributed by atoms with Gasteiger partial charge in [0.15, 0.2) is 5.96 Å². The van der Waals surface area contributed by atoms with Gasteiger partial charge in [0.1, 0.15) is 0 Å². The van der Waals surface area contributed by atoms with Gasteiger partial charge in [0, 0.05) is 35.9 Å². The fourth-order valence-corrected chi connectivity index (χ4v) is 4.33. The number of nitriles is 1. The number of guanidine groups is 1. The standard InChI is InChI=1S/C22H29N5OS.HI/c1-3-24-22(25-15-19-7-5-18(14-23)6-8-19)26-16-20(21-9-4-17(2)29-21)27-10-12-28-13-11-27;/h4-9,20H,3,10-13,15-16H2,1-2H3,(H2,24,25,26);1H. The number of morpholine rings is 1. The van der Waals surface area contributed by atoms with Crippen LogP contribution in [0.2, 0.25) is 0 Å². The van der Waals surface area contributed by atoms with Gasteiger partial charge in [-0.15, -0.1) is 35.3 Å². The summed E-state index contributed by atoms with van der Waals surface area (Å²) in [5.74, 6) is 0.809. The van der Waals surface area contributed by atoms with Crippen molar-refractivity contribution < 1.29 is 4.74 Å². The van der Waals surface area contributed by atoms with Gasteiger partial charge >= 0.3 is 0 Å². The molecule has 1 aliphatic heterocycles. The van der Waals surface area contributed by atoms with E-state index in [-0.39, 0.29) is 24.0 Å². The molecule has 1 aromatic heterocycles. The van der Waals surface area contributed by atoms with Crippen LogP contribution >= 0.6 is 35.3 Å². The van der Waals surface area contributed by atoms with Crippen molar-refractivity contribution in [3.8, 4) is 6.07 Å². The smallest absolute Gasteiger partial charge is 0.191 e. The topological polar surface area (TPSA) is 72.7 Å². The lowest BCUT2D eigenvalue weighted by Gasteiger charge is -2.34. The maximum Gasteiger partial charge on any atom is 0.191 e. The number of rotatable bonds is 7. The van der Waals surface area contributed by atoms with E-state index >= 15 is 0 Å². The molecule has 1 fully saturated rings. The van der Waals surface area contributed by atoms with Gasteiger partial charge in [-0.25, -0.2) is 4.99 Å². The number of nitrogens with one attached hydrogen (secondary N) is 2. The highest BCUT2D eigenvalue weighted by molar-refractivity contribution is 14.0. The molecule has 2 aromatic rings. The third-order valence-corrected chi connectivity index (χ3v) is 5.99. The lowest BCUT2D eigenvalue weighted by Crippen LogP contribution is -2.46. The highest BCUT2D eigenvalue weighted by Gasteiger charge is 2.24. The zero-order chi connectivity index (χ0) is 20.5. The van der Waals surface area contributed by atoms with Crippen LogP contribution in [0.1, 0.15) is 33.8 Å². The minimum Gasteiger partial charge on any atom is -0.379 e. The van der Waals surface area contributed by atoms with Crippen molar-refractivity contribution in [2.75, 3.05) is 39.4 Å². The molecule has 0 amide bonds. The molecule has 162 valence electrons. The van der Waals surface area contributed by atoms with Crippen LogP contribution in [0.15, 0.2) is 41.4 Å². The first-order valence-electron chi connectivity index (χ1n) is 10.1. The van der Waals surface area contributed by atoms with Crippen LogP contribution in [-0.2, 0) is 11.3 Å². The van der Waals surface area contributed by atoms with Gasteiger partial charge in [0.25, 0.3) is 0 Å². The highest BCUT2D eigenvalue weighted by Crippen LogP contribution is 2.27. The fraction of sp³-hybridized carbons (Fsp3) is 0.455. The van der Waals surface area contributed by atoms with Crippen molar-refractivity contribution >= 4 is 41.3 Å². The van der Waals surface area contributed by atoms with Crippen molar-refractivity contribution in [2.24, 2.45) is 4.99 Å². The van der Waals surface area contributed by atoms with Crippen molar-refractivity contribution in [3.05, 3.63) is 57.3 Å². The molecule has 2 N–H and O–H groups in total. The summed E-state index contributed by atoms with van der Waals surface area (Å²) < 4.78 is 5.54. The van der Waals surface area contributed by atoms with Crippen molar-refractivity contribution in [1.82, 2.24) is 15.5 Å². The first kappa shape index (κ1) is 24.6.